The van der Waals surface area contributed by atoms with Crippen molar-refractivity contribution in [1.82, 2.24) is 20.1 Å². The summed E-state index contributed by atoms with van der Waals surface area (Å²) in [6.07, 6.45) is 7.80. The van der Waals surface area contributed by atoms with E-state index in [1.165, 1.54) is 17.0 Å². The molecule has 0 spiro atoms. The Morgan fingerprint density at radius 2 is 1.75 bits per heavy atom. The molecular weight excluding hydrogens is 611 g/mol. The number of benzene rings is 2. The molecule has 2 amide bonds. The summed E-state index contributed by atoms with van der Waals surface area (Å²) < 4.78 is 26.6. The van der Waals surface area contributed by atoms with Crippen LogP contribution in [0.5, 0.6) is 11.5 Å². The second-order valence-electron chi connectivity index (χ2n) is 12.7. The molecule has 2 fully saturated rings. The highest BCUT2D eigenvalue weighted by Gasteiger charge is 2.36. The van der Waals surface area contributed by atoms with E-state index >= 15 is 0 Å². The van der Waals surface area contributed by atoms with Gasteiger partial charge in [-0.3, -0.25) is 14.7 Å². The molecule has 1 unspecified atom stereocenters. The SMILES string of the molecule is COc1cc(/C=C2/C(C)=C(CNC(=O)Cc3ccccn3)c3cc(F)ccc32)cc(OC)c1C1CCCCN1C1CCN(C(=O)O)CC1. The average molecular weight is 655 g/mol. The summed E-state index contributed by atoms with van der Waals surface area (Å²) in [4.78, 5) is 32.6. The first-order chi connectivity index (χ1) is 23.3. The van der Waals surface area contributed by atoms with E-state index in [4.69, 9.17) is 9.47 Å². The Morgan fingerprint density at radius 1 is 1.00 bits per heavy atom. The summed E-state index contributed by atoms with van der Waals surface area (Å²) in [6, 6.07) is 14.7. The molecule has 0 saturated carbocycles. The number of fused-ring (bicyclic) bond motifs is 1. The van der Waals surface area contributed by atoms with Gasteiger partial charge in [0.1, 0.15) is 17.3 Å². The minimum Gasteiger partial charge on any atom is -0.496 e. The number of allylic oxidation sites excluding steroid dienone is 2. The molecule has 2 N–H and O–H groups in total. The lowest BCUT2D eigenvalue weighted by Crippen LogP contribution is -2.49. The molecule has 1 aliphatic carbocycles. The Labute approximate surface area is 281 Å². The molecule has 0 radical (unpaired) electrons. The number of hydrogen-bond donors (Lipinski definition) is 2. The second kappa shape index (κ2) is 14.6. The van der Waals surface area contributed by atoms with Crippen LogP contribution in [0.4, 0.5) is 9.18 Å². The van der Waals surface area contributed by atoms with E-state index in [-0.39, 0.29) is 36.8 Å². The van der Waals surface area contributed by atoms with Crippen molar-refractivity contribution in [3.8, 4) is 11.5 Å². The Bertz CT molecular complexity index is 1710. The number of hydrogen-bond acceptors (Lipinski definition) is 6. The Morgan fingerprint density at radius 3 is 2.42 bits per heavy atom. The predicted molar refractivity (Wildman–Crippen MR) is 183 cm³/mol. The molecule has 9 nitrogen and oxygen atoms in total. The van der Waals surface area contributed by atoms with Crippen LogP contribution in [0.2, 0.25) is 0 Å². The normalized spacial score (nSPS) is 19.4. The number of nitrogens with one attached hydrogen (secondary N) is 1. The van der Waals surface area contributed by atoms with E-state index in [2.05, 4.69) is 21.3 Å². The highest BCUT2D eigenvalue weighted by molar-refractivity contribution is 6.06. The Kier molecular flexibility index (Phi) is 10.1. The van der Waals surface area contributed by atoms with Gasteiger partial charge in [-0.25, -0.2) is 9.18 Å². The fraction of sp³-hybridized carbons (Fsp3) is 0.395. The van der Waals surface area contributed by atoms with E-state index in [0.29, 0.717) is 18.8 Å². The molecule has 3 aromatic rings. The van der Waals surface area contributed by atoms with Gasteiger partial charge in [0, 0.05) is 43.6 Å². The van der Waals surface area contributed by atoms with Crippen LogP contribution in [-0.2, 0) is 11.2 Å². The molecule has 2 aliphatic heterocycles. The molecule has 1 aromatic heterocycles. The highest BCUT2D eigenvalue weighted by Crippen LogP contribution is 2.46. The van der Waals surface area contributed by atoms with Crippen LogP contribution >= 0.6 is 0 Å². The van der Waals surface area contributed by atoms with Gasteiger partial charge in [-0.15, -0.1) is 0 Å². The number of likely N-dealkylation sites (tertiary alicyclic amines) is 2. The standard InChI is InChI=1S/C38H43FN4O5/c1-24-30(29-11-10-26(39)21-31(29)32(24)23-41-36(44)22-27-8-4-6-14-40-27)18-25-19-34(47-2)37(35(20-25)48-3)33-9-5-7-15-43(33)28-12-16-42(17-13-28)38(45)46/h4,6,8,10-11,14,18-21,28,33H,5,7,9,12-13,15-17,22-23H2,1-3H3,(H,41,44)(H,45,46)/b30-18-. The van der Waals surface area contributed by atoms with Crippen molar-refractivity contribution >= 4 is 29.2 Å². The zero-order valence-corrected chi connectivity index (χ0v) is 27.8. The molecule has 252 valence electrons. The third kappa shape index (κ3) is 6.94. The van der Waals surface area contributed by atoms with Crippen molar-refractivity contribution in [2.45, 2.75) is 57.5 Å². The Balaban J connectivity index is 1.30. The van der Waals surface area contributed by atoms with Gasteiger partial charge in [0.25, 0.3) is 0 Å². The van der Waals surface area contributed by atoms with Crippen LogP contribution in [0.1, 0.15) is 73.0 Å². The number of nitrogens with zero attached hydrogens (tertiary/aromatic N) is 3. The Hall–Kier alpha value is -4.70. The molecule has 10 heteroatoms. The molecular formula is C38H43FN4O5. The summed E-state index contributed by atoms with van der Waals surface area (Å²) in [5, 5.41) is 12.5. The maximum atomic E-state index is 14.5. The summed E-state index contributed by atoms with van der Waals surface area (Å²) in [5.41, 5.74) is 7.02. The largest absolute Gasteiger partial charge is 0.496 e. The fourth-order valence-electron chi connectivity index (χ4n) is 7.53. The van der Waals surface area contributed by atoms with E-state index < -0.39 is 6.09 Å². The van der Waals surface area contributed by atoms with Gasteiger partial charge in [-0.2, -0.15) is 0 Å². The van der Waals surface area contributed by atoms with Crippen LogP contribution in [0.3, 0.4) is 0 Å². The smallest absolute Gasteiger partial charge is 0.407 e. The molecule has 3 aliphatic rings. The number of pyridine rings is 1. The van der Waals surface area contributed by atoms with Crippen molar-refractivity contribution in [3.63, 3.8) is 0 Å². The lowest BCUT2D eigenvalue weighted by molar-refractivity contribution is -0.120. The fourth-order valence-corrected chi connectivity index (χ4v) is 7.53. The van der Waals surface area contributed by atoms with E-state index in [1.54, 1.807) is 26.5 Å². The van der Waals surface area contributed by atoms with Crippen LogP contribution < -0.4 is 14.8 Å². The quantitative estimate of drug-likeness (QED) is 0.268. The van der Waals surface area contributed by atoms with Crippen molar-refractivity contribution < 1.29 is 28.6 Å². The lowest BCUT2D eigenvalue weighted by Gasteiger charge is -2.45. The number of rotatable bonds is 9. The maximum Gasteiger partial charge on any atom is 0.407 e. The number of piperidine rings is 2. The number of methoxy groups -OCH3 is 2. The zero-order valence-electron chi connectivity index (χ0n) is 27.8. The summed E-state index contributed by atoms with van der Waals surface area (Å²) in [6.45, 7) is 4.29. The number of ether oxygens (including phenoxy) is 2. The molecule has 2 saturated heterocycles. The highest BCUT2D eigenvalue weighted by atomic mass is 19.1. The zero-order chi connectivity index (χ0) is 33.8. The second-order valence-corrected chi connectivity index (χ2v) is 12.7. The summed E-state index contributed by atoms with van der Waals surface area (Å²) >= 11 is 0. The number of carbonyl (C=O) groups excluding carboxylic acids is 1. The lowest BCUT2D eigenvalue weighted by atomic mass is 9.89. The molecule has 48 heavy (non-hydrogen) atoms. The third-order valence-electron chi connectivity index (χ3n) is 9.94. The van der Waals surface area contributed by atoms with Crippen molar-refractivity contribution in [2.75, 3.05) is 40.4 Å². The monoisotopic (exact) mass is 654 g/mol. The molecule has 2 aromatic carbocycles. The van der Waals surface area contributed by atoms with E-state index in [0.717, 1.165) is 89.1 Å². The average Bonchev–Trinajstić information content (AvgIpc) is 3.35. The van der Waals surface area contributed by atoms with Gasteiger partial charge < -0.3 is 24.8 Å². The minimum atomic E-state index is -0.853. The summed E-state index contributed by atoms with van der Waals surface area (Å²) in [5.74, 6) is 0.987. The van der Waals surface area contributed by atoms with Gasteiger partial charge in [0.2, 0.25) is 5.91 Å². The topological polar surface area (TPSA) is 104 Å². The van der Waals surface area contributed by atoms with Crippen molar-refractivity contribution in [2.24, 2.45) is 0 Å². The van der Waals surface area contributed by atoms with E-state index in [1.807, 2.05) is 37.3 Å². The summed E-state index contributed by atoms with van der Waals surface area (Å²) in [7, 11) is 3.36. The maximum absolute atomic E-state index is 14.5. The molecule has 0 bridgehead atoms. The number of amides is 2. The van der Waals surface area contributed by atoms with Crippen LogP contribution in [0, 0.1) is 5.82 Å². The number of carboxylic acid groups (broad SMARTS) is 1. The van der Waals surface area contributed by atoms with E-state index in [9.17, 15) is 19.1 Å². The van der Waals surface area contributed by atoms with Crippen molar-refractivity contribution in [1.29, 1.82) is 0 Å². The number of carbonyl (C=O) groups is 2. The third-order valence-corrected chi connectivity index (χ3v) is 9.94. The number of aromatic nitrogens is 1. The van der Waals surface area contributed by atoms with Crippen LogP contribution in [-0.4, -0.2) is 78.3 Å². The van der Waals surface area contributed by atoms with Crippen LogP contribution in [0.15, 0.2) is 60.3 Å². The molecule has 3 heterocycles. The van der Waals surface area contributed by atoms with Gasteiger partial charge >= 0.3 is 6.09 Å². The number of halogens is 1. The first-order valence-electron chi connectivity index (χ1n) is 16.7. The molecule has 1 atom stereocenters. The van der Waals surface area contributed by atoms with Gasteiger partial charge in [0.05, 0.1) is 26.2 Å². The van der Waals surface area contributed by atoms with Gasteiger partial charge in [-0.1, -0.05) is 18.6 Å². The first-order valence-corrected chi connectivity index (χ1v) is 16.7. The van der Waals surface area contributed by atoms with Crippen LogP contribution in [0.25, 0.3) is 17.2 Å². The van der Waals surface area contributed by atoms with Gasteiger partial charge in [0.15, 0.2) is 0 Å². The van der Waals surface area contributed by atoms with Gasteiger partial charge in [-0.05, 0) is 115 Å². The minimum absolute atomic E-state index is 0.0878. The van der Waals surface area contributed by atoms with Crippen molar-refractivity contribution in [3.05, 3.63) is 94.1 Å². The molecule has 6 rings (SSSR count). The first kappa shape index (κ1) is 33.2. The predicted octanol–water partition coefficient (Wildman–Crippen LogP) is 6.59.